The topological polar surface area (TPSA) is 143 Å². The van der Waals surface area contributed by atoms with Crippen molar-refractivity contribution in [3.05, 3.63) is 28.8 Å². The summed E-state index contributed by atoms with van der Waals surface area (Å²) >= 11 is 0. The zero-order chi connectivity index (χ0) is 31.6. The van der Waals surface area contributed by atoms with Gasteiger partial charge in [-0.3, -0.25) is 28.8 Å². The number of phenols is 1. The van der Waals surface area contributed by atoms with Crippen LogP contribution in [0.1, 0.15) is 120 Å². The molecule has 8 nitrogen and oxygen atoms in total. The van der Waals surface area contributed by atoms with Gasteiger partial charge < -0.3 is 10.2 Å². The van der Waals surface area contributed by atoms with Gasteiger partial charge in [0.15, 0.2) is 34.5 Å². The van der Waals surface area contributed by atoms with Crippen LogP contribution in [0.4, 0.5) is 0 Å². The van der Waals surface area contributed by atoms with Crippen LogP contribution in [0.3, 0.4) is 0 Å². The normalized spacial score (nSPS) is 32.8. The average molecular weight is 593 g/mol. The Labute approximate surface area is 253 Å². The van der Waals surface area contributed by atoms with Gasteiger partial charge in [0.25, 0.3) is 0 Å². The summed E-state index contributed by atoms with van der Waals surface area (Å²) in [4.78, 5) is 82.3. The maximum absolute atomic E-state index is 14.3. The molecule has 0 amide bonds. The summed E-state index contributed by atoms with van der Waals surface area (Å²) in [5.41, 5.74) is -2.19. The molecule has 0 heterocycles. The van der Waals surface area contributed by atoms with Crippen molar-refractivity contribution >= 4 is 34.7 Å². The van der Waals surface area contributed by atoms with Gasteiger partial charge in [-0.15, -0.1) is 0 Å². The highest BCUT2D eigenvalue weighted by Crippen LogP contribution is 2.58. The van der Waals surface area contributed by atoms with Gasteiger partial charge in [0, 0.05) is 31.6 Å². The first-order chi connectivity index (χ1) is 20.1. The van der Waals surface area contributed by atoms with Crippen LogP contribution in [-0.4, -0.2) is 50.5 Å². The van der Waals surface area contributed by atoms with Crippen molar-refractivity contribution in [1.82, 2.24) is 0 Å². The molecule has 4 aliphatic carbocycles. The van der Waals surface area contributed by atoms with E-state index in [0.29, 0.717) is 23.5 Å². The molecule has 5 rings (SSSR count). The molecule has 2 unspecified atom stereocenters. The lowest BCUT2D eigenvalue weighted by Crippen LogP contribution is -2.70. The minimum absolute atomic E-state index is 0.000618. The zero-order valence-electron chi connectivity index (χ0n) is 25.9. The van der Waals surface area contributed by atoms with E-state index in [9.17, 15) is 39.0 Å². The Bertz CT molecular complexity index is 1390. The molecule has 0 spiro atoms. The molecule has 8 heteroatoms. The molecule has 0 aliphatic heterocycles. The third kappa shape index (κ3) is 4.94. The molecule has 7 atom stereocenters. The van der Waals surface area contributed by atoms with Crippen LogP contribution in [0, 0.1) is 35.5 Å². The first-order valence-corrected chi connectivity index (χ1v) is 15.9. The number of rotatable bonds is 7. The Hall–Kier alpha value is -3.00. The Morgan fingerprint density at radius 2 is 1.67 bits per heavy atom. The summed E-state index contributed by atoms with van der Waals surface area (Å²) in [7, 11) is 0. The summed E-state index contributed by atoms with van der Waals surface area (Å²) in [6.07, 6.45) is 4.38. The second-order valence-corrected chi connectivity index (χ2v) is 14.5. The molecule has 1 aromatic rings. The molecule has 2 N–H and O–H groups in total. The maximum Gasteiger partial charge on any atom is 0.190 e. The summed E-state index contributed by atoms with van der Waals surface area (Å²) in [5.74, 6) is -10.7. The van der Waals surface area contributed by atoms with E-state index in [0.717, 1.165) is 25.7 Å². The predicted molar refractivity (Wildman–Crippen MR) is 158 cm³/mol. The number of hydrogen-bond acceptors (Lipinski definition) is 8. The Morgan fingerprint density at radius 1 is 1.02 bits per heavy atom. The van der Waals surface area contributed by atoms with E-state index in [4.69, 9.17) is 0 Å². The molecule has 0 radical (unpaired) electrons. The van der Waals surface area contributed by atoms with Crippen molar-refractivity contribution < 1.29 is 39.0 Å². The minimum atomic E-state index is -2.74. The number of fused-ring (bicyclic) bond motifs is 3. The van der Waals surface area contributed by atoms with Gasteiger partial charge in [0.1, 0.15) is 17.5 Å². The SMILES string of the molecule is CCC(=O)C[C@H]1[C@H]2C(C(=O)c3c(ccc(C(C)(C)C)c3O)[C@@H]2C)C(=O)[C@]2(O)C(=O)C(C(=O)CCC3CCCC3)C(=O)C[C@H]12. The number of Topliss-reactive ketones (excluding diaryl/α,β-unsaturated/α-hetero) is 6. The monoisotopic (exact) mass is 592 g/mol. The van der Waals surface area contributed by atoms with Crippen LogP contribution in [-0.2, 0) is 29.4 Å². The average Bonchev–Trinajstić information content (AvgIpc) is 3.46. The van der Waals surface area contributed by atoms with Gasteiger partial charge in [0.05, 0.1) is 11.5 Å². The van der Waals surface area contributed by atoms with Gasteiger partial charge in [-0.05, 0) is 46.6 Å². The number of aromatic hydroxyl groups is 1. The zero-order valence-corrected chi connectivity index (χ0v) is 25.9. The van der Waals surface area contributed by atoms with Crippen molar-refractivity contribution in [2.45, 2.75) is 109 Å². The van der Waals surface area contributed by atoms with Gasteiger partial charge in [-0.2, -0.15) is 0 Å². The van der Waals surface area contributed by atoms with Crippen LogP contribution in [0.2, 0.25) is 0 Å². The highest BCUT2D eigenvalue weighted by Gasteiger charge is 2.69. The second-order valence-electron chi connectivity index (χ2n) is 14.5. The molecule has 0 aromatic heterocycles. The summed E-state index contributed by atoms with van der Waals surface area (Å²) in [5, 5.41) is 23.4. The van der Waals surface area contributed by atoms with Crippen LogP contribution in [0.25, 0.3) is 0 Å². The molecule has 0 saturated heterocycles. The van der Waals surface area contributed by atoms with Crippen LogP contribution in [0.15, 0.2) is 12.1 Å². The van der Waals surface area contributed by atoms with E-state index < -0.39 is 75.4 Å². The van der Waals surface area contributed by atoms with Crippen molar-refractivity contribution in [2.24, 2.45) is 35.5 Å². The molecular formula is C35H44O8. The standard InChI is InChI=1S/C35H44O8/c1-6-19(36)15-21-23-16-25(38)28(24(37)14-11-18-9-7-8-10-18)32(41)35(23,43)33(42)29-26(21)17(2)20-12-13-22(34(3,4)5)30(39)27(20)31(29)40/h12-13,17-18,21,23,26,28-29,39,43H,6-11,14-16H2,1-5H3/t17-,21+,23+,26-,28?,29?,35+/m0/s1. The van der Waals surface area contributed by atoms with E-state index >= 15 is 0 Å². The molecule has 3 fully saturated rings. The fourth-order valence-electron chi connectivity index (χ4n) is 8.69. The van der Waals surface area contributed by atoms with Crippen LogP contribution >= 0.6 is 0 Å². The second kappa shape index (κ2) is 11.2. The summed E-state index contributed by atoms with van der Waals surface area (Å²) < 4.78 is 0. The molecule has 232 valence electrons. The number of carbonyl (C=O) groups excluding carboxylic acids is 6. The smallest absolute Gasteiger partial charge is 0.190 e. The third-order valence-electron chi connectivity index (χ3n) is 11.0. The first-order valence-electron chi connectivity index (χ1n) is 15.9. The van der Waals surface area contributed by atoms with Gasteiger partial charge in [0.2, 0.25) is 0 Å². The van der Waals surface area contributed by atoms with E-state index in [2.05, 4.69) is 0 Å². The molecule has 0 bridgehead atoms. The predicted octanol–water partition coefficient (Wildman–Crippen LogP) is 4.83. The molecule has 1 aromatic carbocycles. The number of phenolic OH excluding ortho intramolecular Hbond substituents is 1. The molecule has 3 saturated carbocycles. The highest BCUT2D eigenvalue weighted by atomic mass is 16.3. The van der Waals surface area contributed by atoms with Crippen molar-refractivity contribution in [2.75, 3.05) is 0 Å². The number of ketones is 6. The minimum Gasteiger partial charge on any atom is -0.507 e. The third-order valence-corrected chi connectivity index (χ3v) is 11.0. The lowest BCUT2D eigenvalue weighted by Gasteiger charge is -2.54. The van der Waals surface area contributed by atoms with Crippen molar-refractivity contribution in [3.63, 3.8) is 0 Å². The van der Waals surface area contributed by atoms with Crippen molar-refractivity contribution in [3.8, 4) is 5.75 Å². The summed E-state index contributed by atoms with van der Waals surface area (Å²) in [6, 6.07) is 3.54. The molecule has 43 heavy (non-hydrogen) atoms. The Balaban J connectivity index is 1.59. The van der Waals surface area contributed by atoms with E-state index in [1.54, 1.807) is 19.1 Å². The van der Waals surface area contributed by atoms with E-state index in [1.165, 1.54) is 0 Å². The number of aliphatic hydroxyl groups is 1. The highest BCUT2D eigenvalue weighted by molar-refractivity contribution is 6.32. The number of hydrogen-bond donors (Lipinski definition) is 2. The lowest BCUT2D eigenvalue weighted by molar-refractivity contribution is -0.183. The van der Waals surface area contributed by atoms with Crippen LogP contribution < -0.4 is 0 Å². The van der Waals surface area contributed by atoms with Crippen molar-refractivity contribution in [1.29, 1.82) is 0 Å². The van der Waals surface area contributed by atoms with Crippen LogP contribution in [0.5, 0.6) is 5.75 Å². The number of carbonyl (C=O) groups is 6. The fraction of sp³-hybridized carbons (Fsp3) is 0.657. The Morgan fingerprint density at radius 3 is 2.28 bits per heavy atom. The number of benzene rings is 1. The molecular weight excluding hydrogens is 548 g/mol. The van der Waals surface area contributed by atoms with Gasteiger partial charge in [-0.1, -0.05) is 72.4 Å². The Kier molecular flexibility index (Phi) is 8.16. The summed E-state index contributed by atoms with van der Waals surface area (Å²) in [6.45, 7) is 9.18. The maximum atomic E-state index is 14.3. The first kappa shape index (κ1) is 31.4. The molecule has 4 aliphatic rings. The van der Waals surface area contributed by atoms with E-state index in [-0.39, 0.29) is 42.8 Å². The van der Waals surface area contributed by atoms with E-state index in [1.807, 2.05) is 27.7 Å². The lowest BCUT2D eigenvalue weighted by atomic mass is 9.47. The van der Waals surface area contributed by atoms with Gasteiger partial charge in [-0.25, -0.2) is 0 Å². The fourth-order valence-corrected chi connectivity index (χ4v) is 8.69. The van der Waals surface area contributed by atoms with Gasteiger partial charge >= 0.3 is 0 Å². The quantitative estimate of drug-likeness (QED) is 0.429. The largest absolute Gasteiger partial charge is 0.507 e.